The number of fused-ring (bicyclic) bond motifs is 1. The Balaban J connectivity index is 1.85. The maximum atomic E-state index is 12.2. The summed E-state index contributed by atoms with van der Waals surface area (Å²) in [6, 6.07) is 12.2. The van der Waals surface area contributed by atoms with E-state index < -0.39 is 0 Å². The molecule has 1 N–H and O–H groups in total. The molecule has 3 rings (SSSR count). The Bertz CT molecular complexity index is 841. The van der Waals surface area contributed by atoms with Gasteiger partial charge in [-0.1, -0.05) is 18.2 Å². The Morgan fingerprint density at radius 1 is 1.18 bits per heavy atom. The molecular weight excluding hydrogens is 280 g/mol. The van der Waals surface area contributed by atoms with E-state index in [9.17, 15) is 9.90 Å². The van der Waals surface area contributed by atoms with Crippen molar-refractivity contribution < 1.29 is 19.1 Å². The lowest BCUT2D eigenvalue weighted by Gasteiger charge is -2.01. The summed E-state index contributed by atoms with van der Waals surface area (Å²) in [6.07, 6.45) is 4.65. The molecule has 0 atom stereocenters. The highest BCUT2D eigenvalue weighted by Gasteiger charge is 2.11. The fraction of sp³-hybridized carbons (Fsp3) is 0.0556. The second-order valence-corrected chi connectivity index (χ2v) is 4.80. The highest BCUT2D eigenvalue weighted by Crippen LogP contribution is 2.26. The van der Waals surface area contributed by atoms with Gasteiger partial charge >= 0.3 is 0 Å². The van der Waals surface area contributed by atoms with E-state index in [0.717, 1.165) is 16.7 Å². The molecule has 0 spiro atoms. The van der Waals surface area contributed by atoms with Gasteiger partial charge in [0.1, 0.15) is 17.1 Å². The van der Waals surface area contributed by atoms with Gasteiger partial charge in [-0.05, 0) is 35.9 Å². The van der Waals surface area contributed by atoms with Crippen molar-refractivity contribution in [1.29, 1.82) is 0 Å². The van der Waals surface area contributed by atoms with Gasteiger partial charge in [0.15, 0.2) is 5.78 Å². The zero-order valence-corrected chi connectivity index (χ0v) is 11.9. The first-order valence-electron chi connectivity index (χ1n) is 6.74. The van der Waals surface area contributed by atoms with Gasteiger partial charge in [-0.3, -0.25) is 4.79 Å². The van der Waals surface area contributed by atoms with Crippen LogP contribution in [0.15, 0.2) is 59.2 Å². The van der Waals surface area contributed by atoms with Crippen molar-refractivity contribution in [2.45, 2.75) is 0 Å². The van der Waals surface area contributed by atoms with Crippen LogP contribution in [0.3, 0.4) is 0 Å². The maximum absolute atomic E-state index is 12.2. The average Bonchev–Trinajstić information content (AvgIpc) is 2.99. The number of hydrogen-bond donors (Lipinski definition) is 1. The summed E-state index contributed by atoms with van der Waals surface area (Å²) < 4.78 is 10.3. The minimum absolute atomic E-state index is 0.0909. The third-order valence-electron chi connectivity index (χ3n) is 3.38. The molecule has 0 amide bonds. The second-order valence-electron chi connectivity index (χ2n) is 4.80. The summed E-state index contributed by atoms with van der Waals surface area (Å²) in [5, 5.41) is 10.7. The lowest BCUT2D eigenvalue weighted by molar-refractivity contribution is 0.104. The molecule has 3 aromatic rings. The monoisotopic (exact) mass is 294 g/mol. The molecular formula is C18H14O4. The first kappa shape index (κ1) is 13.9. The van der Waals surface area contributed by atoms with E-state index in [0.29, 0.717) is 5.58 Å². The fourth-order valence-electron chi connectivity index (χ4n) is 2.17. The zero-order chi connectivity index (χ0) is 15.5. The molecule has 0 aliphatic heterocycles. The number of phenolic OH excluding ortho intramolecular Hbond substituents is 1. The minimum Gasteiger partial charge on any atom is -0.507 e. The van der Waals surface area contributed by atoms with Gasteiger partial charge in [-0.15, -0.1) is 0 Å². The van der Waals surface area contributed by atoms with Crippen LogP contribution in [0.5, 0.6) is 11.5 Å². The van der Waals surface area contributed by atoms with Gasteiger partial charge in [0.25, 0.3) is 0 Å². The van der Waals surface area contributed by atoms with E-state index in [-0.39, 0.29) is 17.1 Å². The van der Waals surface area contributed by atoms with Crippen molar-refractivity contribution in [3.63, 3.8) is 0 Å². The molecule has 0 saturated heterocycles. The van der Waals surface area contributed by atoms with E-state index in [1.807, 2.05) is 24.3 Å². The topological polar surface area (TPSA) is 59.7 Å². The lowest BCUT2D eigenvalue weighted by atomic mass is 10.1. The number of benzene rings is 2. The van der Waals surface area contributed by atoms with Gasteiger partial charge in [0.2, 0.25) is 0 Å². The molecule has 110 valence electrons. The van der Waals surface area contributed by atoms with Crippen molar-refractivity contribution in [3.05, 3.63) is 65.9 Å². The molecule has 4 nitrogen and oxygen atoms in total. The summed E-state index contributed by atoms with van der Waals surface area (Å²) in [6.45, 7) is 0. The van der Waals surface area contributed by atoms with E-state index in [1.165, 1.54) is 18.4 Å². The number of carbonyl (C=O) groups excluding carboxylic acids is 1. The molecule has 0 aliphatic carbocycles. The Morgan fingerprint density at radius 2 is 1.95 bits per heavy atom. The minimum atomic E-state index is -0.267. The summed E-state index contributed by atoms with van der Waals surface area (Å²) in [4.78, 5) is 12.2. The number of aromatic hydroxyl groups is 1. The Hall–Kier alpha value is -3.01. The number of methoxy groups -OCH3 is 1. The van der Waals surface area contributed by atoms with Gasteiger partial charge < -0.3 is 14.3 Å². The normalized spacial score (nSPS) is 11.1. The van der Waals surface area contributed by atoms with Crippen LogP contribution in [-0.2, 0) is 0 Å². The van der Waals surface area contributed by atoms with Crippen molar-refractivity contribution in [1.82, 2.24) is 0 Å². The quantitative estimate of drug-likeness (QED) is 0.582. The zero-order valence-electron chi connectivity index (χ0n) is 11.9. The van der Waals surface area contributed by atoms with Crippen molar-refractivity contribution >= 4 is 22.8 Å². The molecule has 0 fully saturated rings. The predicted molar refractivity (Wildman–Crippen MR) is 84.2 cm³/mol. The molecule has 0 saturated carbocycles. The van der Waals surface area contributed by atoms with Crippen molar-refractivity contribution in [2.75, 3.05) is 7.11 Å². The summed E-state index contributed by atoms with van der Waals surface area (Å²) >= 11 is 0. The summed E-state index contributed by atoms with van der Waals surface area (Å²) in [5.41, 5.74) is 1.67. The molecule has 4 heteroatoms. The van der Waals surface area contributed by atoms with Crippen LogP contribution in [0.25, 0.3) is 17.0 Å². The number of allylic oxidation sites excluding steroid dienone is 1. The van der Waals surface area contributed by atoms with Crippen LogP contribution in [-0.4, -0.2) is 18.0 Å². The van der Waals surface area contributed by atoms with Crippen molar-refractivity contribution in [3.8, 4) is 11.5 Å². The van der Waals surface area contributed by atoms with Crippen LogP contribution >= 0.6 is 0 Å². The fourth-order valence-corrected chi connectivity index (χ4v) is 2.17. The largest absolute Gasteiger partial charge is 0.507 e. The van der Waals surface area contributed by atoms with Crippen LogP contribution in [0.2, 0.25) is 0 Å². The molecule has 1 aromatic heterocycles. The Morgan fingerprint density at radius 3 is 2.68 bits per heavy atom. The van der Waals surface area contributed by atoms with Gasteiger partial charge in [0, 0.05) is 11.5 Å². The molecule has 1 heterocycles. The smallest absolute Gasteiger partial charge is 0.189 e. The number of ketones is 1. The first-order chi connectivity index (χ1) is 10.7. The van der Waals surface area contributed by atoms with Crippen LogP contribution in [0.4, 0.5) is 0 Å². The third-order valence-corrected chi connectivity index (χ3v) is 3.38. The van der Waals surface area contributed by atoms with E-state index in [4.69, 9.17) is 9.15 Å². The lowest BCUT2D eigenvalue weighted by Crippen LogP contribution is -1.94. The number of carbonyl (C=O) groups is 1. The van der Waals surface area contributed by atoms with Gasteiger partial charge in [-0.2, -0.15) is 0 Å². The number of rotatable bonds is 4. The SMILES string of the molecule is COc1ccc(/C=C/C(=O)c2cc3ccoc3cc2O)cc1. The highest BCUT2D eigenvalue weighted by molar-refractivity contribution is 6.10. The highest BCUT2D eigenvalue weighted by atomic mass is 16.5. The van der Waals surface area contributed by atoms with Gasteiger partial charge in [0.05, 0.1) is 18.9 Å². The molecule has 22 heavy (non-hydrogen) atoms. The number of phenols is 1. The van der Waals surface area contributed by atoms with Crippen LogP contribution < -0.4 is 4.74 Å². The summed E-state index contributed by atoms with van der Waals surface area (Å²) in [7, 11) is 1.60. The van der Waals surface area contributed by atoms with E-state index >= 15 is 0 Å². The Labute approximate surface area is 127 Å². The average molecular weight is 294 g/mol. The number of hydrogen-bond acceptors (Lipinski definition) is 4. The molecule has 2 aromatic carbocycles. The Kier molecular flexibility index (Phi) is 3.66. The molecule has 0 bridgehead atoms. The number of furan rings is 1. The van der Waals surface area contributed by atoms with Crippen LogP contribution in [0.1, 0.15) is 15.9 Å². The number of ether oxygens (including phenoxy) is 1. The first-order valence-corrected chi connectivity index (χ1v) is 6.74. The van der Waals surface area contributed by atoms with E-state index in [2.05, 4.69) is 0 Å². The van der Waals surface area contributed by atoms with Crippen molar-refractivity contribution in [2.24, 2.45) is 0 Å². The van der Waals surface area contributed by atoms with Gasteiger partial charge in [-0.25, -0.2) is 0 Å². The molecule has 0 aliphatic rings. The standard InChI is InChI=1S/C18H14O4/c1-21-14-5-2-12(3-6-14)4-7-16(19)15-10-13-8-9-22-18(13)11-17(15)20/h2-11,20H,1H3/b7-4+. The molecule has 0 radical (unpaired) electrons. The second kappa shape index (κ2) is 5.77. The predicted octanol–water partition coefficient (Wildman–Crippen LogP) is 4.04. The maximum Gasteiger partial charge on any atom is 0.189 e. The third kappa shape index (κ3) is 2.72. The molecule has 0 unspecified atom stereocenters. The van der Waals surface area contributed by atoms with Crippen LogP contribution in [0, 0.1) is 0 Å². The summed E-state index contributed by atoms with van der Waals surface area (Å²) in [5.74, 6) is 0.398. The van der Waals surface area contributed by atoms with E-state index in [1.54, 1.807) is 25.3 Å².